The van der Waals surface area contributed by atoms with Crippen molar-refractivity contribution in [1.82, 2.24) is 25.3 Å². The van der Waals surface area contributed by atoms with E-state index in [2.05, 4.69) is 25.3 Å². The highest BCUT2D eigenvalue weighted by Crippen LogP contribution is 2.23. The highest BCUT2D eigenvalue weighted by Gasteiger charge is 2.18. The Hall–Kier alpha value is -4.07. The third kappa shape index (κ3) is 3.75. The van der Waals surface area contributed by atoms with E-state index in [-0.39, 0.29) is 23.5 Å². The van der Waals surface area contributed by atoms with Gasteiger partial charge in [-0.25, -0.2) is 4.98 Å². The fourth-order valence-electron chi connectivity index (χ4n) is 3.22. The summed E-state index contributed by atoms with van der Waals surface area (Å²) in [5.74, 6) is -0.164. The maximum absolute atomic E-state index is 12.7. The number of rotatable bonds is 5. The summed E-state index contributed by atoms with van der Waals surface area (Å²) < 4.78 is 0. The zero-order chi connectivity index (χ0) is 21.3. The average molecular weight is 399 g/mol. The van der Waals surface area contributed by atoms with E-state index in [0.29, 0.717) is 27.8 Å². The molecule has 0 aliphatic heterocycles. The van der Waals surface area contributed by atoms with Gasteiger partial charge in [0.15, 0.2) is 5.82 Å². The second-order valence-electron chi connectivity index (χ2n) is 7.05. The maximum Gasteiger partial charge on any atom is 0.287 e. The Morgan fingerprint density at radius 3 is 2.67 bits per heavy atom. The highest BCUT2D eigenvalue weighted by molar-refractivity contribution is 6.15. The van der Waals surface area contributed by atoms with Crippen molar-refractivity contribution < 1.29 is 4.79 Å². The number of H-pyrrole nitrogens is 1. The van der Waals surface area contributed by atoms with Gasteiger partial charge >= 0.3 is 0 Å². The number of hydrogen-bond acceptors (Lipinski definition) is 6. The molecular weight excluding hydrogens is 378 g/mol. The van der Waals surface area contributed by atoms with Gasteiger partial charge < -0.3 is 16.0 Å². The first-order valence-corrected chi connectivity index (χ1v) is 9.45. The van der Waals surface area contributed by atoms with E-state index in [9.17, 15) is 4.79 Å². The molecule has 1 atom stereocenters. The highest BCUT2D eigenvalue weighted by atomic mass is 16.2. The fourth-order valence-corrected chi connectivity index (χ4v) is 3.22. The van der Waals surface area contributed by atoms with E-state index in [0.717, 1.165) is 11.4 Å². The SMILES string of the molecule is Cc1cccc(C(C)NC(=O)c2nc3cc(N)c(C(=N)c4ccncc4)cc3[nH]2)n1. The summed E-state index contributed by atoms with van der Waals surface area (Å²) in [6, 6.07) is 12.3. The van der Waals surface area contributed by atoms with Crippen molar-refractivity contribution in [2.75, 3.05) is 5.73 Å². The Bertz CT molecular complexity index is 1250. The largest absolute Gasteiger partial charge is 0.398 e. The molecule has 4 aromatic rings. The van der Waals surface area contributed by atoms with Crippen LogP contribution in [0.15, 0.2) is 54.9 Å². The van der Waals surface area contributed by atoms with Gasteiger partial charge in [-0.2, -0.15) is 0 Å². The van der Waals surface area contributed by atoms with Crippen LogP contribution in [0.1, 0.15) is 46.1 Å². The predicted octanol–water partition coefficient (Wildman–Crippen LogP) is 3.15. The van der Waals surface area contributed by atoms with Gasteiger partial charge in [-0.15, -0.1) is 0 Å². The molecule has 8 heteroatoms. The lowest BCUT2D eigenvalue weighted by molar-refractivity contribution is 0.0930. The molecule has 0 saturated carbocycles. The number of nitrogens with one attached hydrogen (secondary N) is 3. The van der Waals surface area contributed by atoms with Gasteiger partial charge in [0.25, 0.3) is 5.91 Å². The van der Waals surface area contributed by atoms with Crippen LogP contribution in [0.2, 0.25) is 0 Å². The number of pyridine rings is 2. The van der Waals surface area contributed by atoms with Crippen molar-refractivity contribution in [1.29, 1.82) is 5.41 Å². The van der Waals surface area contributed by atoms with Crippen molar-refractivity contribution in [3.63, 3.8) is 0 Å². The number of nitrogens with zero attached hydrogens (tertiary/aromatic N) is 3. The molecule has 8 nitrogen and oxygen atoms in total. The first-order chi connectivity index (χ1) is 14.4. The van der Waals surface area contributed by atoms with Crippen LogP contribution in [-0.2, 0) is 0 Å². The lowest BCUT2D eigenvalue weighted by atomic mass is 10.0. The number of carbonyl (C=O) groups is 1. The number of nitrogen functional groups attached to an aromatic ring is 1. The Balaban J connectivity index is 1.60. The number of carbonyl (C=O) groups excluding carboxylic acids is 1. The number of imidazole rings is 1. The van der Waals surface area contributed by atoms with E-state index in [1.54, 1.807) is 36.7 Å². The standard InChI is InChI=1S/C22H21N7O/c1-12-4-3-5-17(26-12)13(2)27-22(30)21-28-18-10-15(16(23)11-19(18)29-21)20(24)14-6-8-25-9-7-14/h3-11,13,24H,23H2,1-2H3,(H,27,30)(H,28,29). The summed E-state index contributed by atoms with van der Waals surface area (Å²) in [7, 11) is 0. The molecule has 30 heavy (non-hydrogen) atoms. The Morgan fingerprint density at radius 1 is 1.17 bits per heavy atom. The number of fused-ring (bicyclic) bond motifs is 1. The fraction of sp³-hybridized carbons (Fsp3) is 0.136. The smallest absolute Gasteiger partial charge is 0.287 e. The lowest BCUT2D eigenvalue weighted by Gasteiger charge is -2.12. The van der Waals surface area contributed by atoms with E-state index in [1.165, 1.54) is 0 Å². The molecular formula is C22H21N7O. The molecule has 0 fully saturated rings. The van der Waals surface area contributed by atoms with Crippen LogP contribution < -0.4 is 11.1 Å². The molecule has 0 spiro atoms. The molecule has 3 aromatic heterocycles. The second-order valence-corrected chi connectivity index (χ2v) is 7.05. The lowest BCUT2D eigenvalue weighted by Crippen LogP contribution is -2.28. The number of aromatic nitrogens is 4. The van der Waals surface area contributed by atoms with Gasteiger partial charge in [-0.1, -0.05) is 6.07 Å². The molecule has 0 aliphatic rings. The third-order valence-electron chi connectivity index (χ3n) is 4.81. The minimum atomic E-state index is -0.341. The summed E-state index contributed by atoms with van der Waals surface area (Å²) in [5, 5.41) is 11.4. The maximum atomic E-state index is 12.7. The van der Waals surface area contributed by atoms with Gasteiger partial charge in [-0.3, -0.25) is 20.2 Å². The van der Waals surface area contributed by atoms with Gasteiger partial charge in [-0.05, 0) is 50.2 Å². The predicted molar refractivity (Wildman–Crippen MR) is 116 cm³/mol. The van der Waals surface area contributed by atoms with Crippen molar-refractivity contribution in [3.05, 3.63) is 83.2 Å². The molecule has 150 valence electrons. The van der Waals surface area contributed by atoms with Gasteiger partial charge in [0, 0.05) is 34.9 Å². The van der Waals surface area contributed by atoms with Crippen molar-refractivity contribution in [3.8, 4) is 0 Å². The molecule has 1 unspecified atom stereocenters. The molecule has 0 aliphatic carbocycles. The number of hydrogen-bond donors (Lipinski definition) is 4. The number of nitrogens with two attached hydrogens (primary N) is 1. The Kier molecular flexibility index (Phi) is 4.97. The minimum Gasteiger partial charge on any atom is -0.398 e. The van der Waals surface area contributed by atoms with Crippen LogP contribution >= 0.6 is 0 Å². The van der Waals surface area contributed by atoms with E-state index in [4.69, 9.17) is 11.1 Å². The zero-order valence-corrected chi connectivity index (χ0v) is 16.6. The van der Waals surface area contributed by atoms with Crippen LogP contribution in [0.4, 0.5) is 5.69 Å². The molecule has 1 amide bonds. The number of amides is 1. The van der Waals surface area contributed by atoms with Gasteiger partial charge in [0.2, 0.25) is 0 Å². The summed E-state index contributed by atoms with van der Waals surface area (Å²) in [6.07, 6.45) is 3.25. The number of aromatic amines is 1. The van der Waals surface area contributed by atoms with E-state index < -0.39 is 0 Å². The number of aryl methyl sites for hydroxylation is 1. The first-order valence-electron chi connectivity index (χ1n) is 9.45. The molecule has 0 radical (unpaired) electrons. The van der Waals surface area contributed by atoms with Crippen LogP contribution in [0.3, 0.4) is 0 Å². The van der Waals surface area contributed by atoms with Crippen LogP contribution in [0.5, 0.6) is 0 Å². The van der Waals surface area contributed by atoms with Gasteiger partial charge in [0.1, 0.15) is 0 Å². The minimum absolute atomic E-state index is 0.177. The Labute approximate surface area is 173 Å². The number of benzene rings is 1. The van der Waals surface area contributed by atoms with Crippen molar-refractivity contribution >= 4 is 28.3 Å². The summed E-state index contributed by atoms with van der Waals surface area (Å²) in [4.78, 5) is 28.5. The molecule has 5 N–H and O–H groups in total. The summed E-state index contributed by atoms with van der Waals surface area (Å²) in [6.45, 7) is 3.78. The first kappa shape index (κ1) is 19.3. The quantitative estimate of drug-likeness (QED) is 0.302. The third-order valence-corrected chi connectivity index (χ3v) is 4.81. The summed E-state index contributed by atoms with van der Waals surface area (Å²) >= 11 is 0. The van der Waals surface area contributed by atoms with Gasteiger partial charge in [0.05, 0.1) is 28.5 Å². The molecule has 0 saturated heterocycles. The normalized spacial score (nSPS) is 11.9. The number of anilines is 1. The molecule has 0 bridgehead atoms. The van der Waals surface area contributed by atoms with Crippen LogP contribution in [-0.4, -0.2) is 31.6 Å². The van der Waals surface area contributed by atoms with Crippen molar-refractivity contribution in [2.24, 2.45) is 0 Å². The zero-order valence-electron chi connectivity index (χ0n) is 16.6. The monoisotopic (exact) mass is 399 g/mol. The summed E-state index contributed by atoms with van der Waals surface area (Å²) in [5.41, 5.74) is 11.0. The Morgan fingerprint density at radius 2 is 1.93 bits per heavy atom. The molecule has 3 heterocycles. The molecule has 4 rings (SSSR count). The van der Waals surface area contributed by atoms with Crippen molar-refractivity contribution in [2.45, 2.75) is 19.9 Å². The van der Waals surface area contributed by atoms with Crippen LogP contribution in [0, 0.1) is 12.3 Å². The van der Waals surface area contributed by atoms with E-state index in [1.807, 2.05) is 32.0 Å². The average Bonchev–Trinajstić information content (AvgIpc) is 3.16. The second kappa shape index (κ2) is 7.75. The topological polar surface area (TPSA) is 133 Å². The van der Waals surface area contributed by atoms with Crippen LogP contribution in [0.25, 0.3) is 11.0 Å². The van der Waals surface area contributed by atoms with E-state index >= 15 is 0 Å². The molecule has 1 aromatic carbocycles.